The van der Waals surface area contributed by atoms with Gasteiger partial charge >= 0.3 is 48.9 Å². The summed E-state index contributed by atoms with van der Waals surface area (Å²) >= 11 is 0. The zero-order valence-electron chi connectivity index (χ0n) is 7.46. The third-order valence-corrected chi connectivity index (χ3v) is 1.17. The van der Waals surface area contributed by atoms with Gasteiger partial charge < -0.3 is 6.33 Å². The van der Waals surface area contributed by atoms with Crippen LogP contribution in [0.25, 0.3) is 0 Å². The molecule has 0 bridgehead atoms. The van der Waals surface area contributed by atoms with Crippen LogP contribution in [0.4, 0.5) is 5.69 Å². The Labute approximate surface area is 104 Å². The molecular formula is C8H11BaN. The summed E-state index contributed by atoms with van der Waals surface area (Å²) < 4.78 is 0. The van der Waals surface area contributed by atoms with Crippen LogP contribution in [0.15, 0.2) is 24.3 Å². The van der Waals surface area contributed by atoms with Gasteiger partial charge in [0.2, 0.25) is 0 Å². The normalized spacial score (nSPS) is 8.20. The number of hydrogen-bond donors (Lipinski definition) is 0. The molecule has 0 saturated carbocycles. The van der Waals surface area contributed by atoms with Crippen LogP contribution in [-0.2, 0) is 0 Å². The topological polar surface area (TPSA) is 3.24 Å². The first-order valence-corrected chi connectivity index (χ1v) is 2.95. The summed E-state index contributed by atoms with van der Waals surface area (Å²) in [6.45, 7) is 0. The smallest absolute Gasteiger partial charge is 1.00 e. The minimum atomic E-state index is 0. The zero-order chi connectivity index (χ0) is 6.69. The Hall–Kier alpha value is 0.591. The largest absolute Gasteiger partial charge is 2.00 e. The van der Waals surface area contributed by atoms with E-state index in [0.29, 0.717) is 0 Å². The molecule has 0 aliphatic heterocycles. The second kappa shape index (κ2) is 5.27. The summed E-state index contributed by atoms with van der Waals surface area (Å²) in [5.41, 5.74) is 1.12. The van der Waals surface area contributed by atoms with E-state index in [4.69, 9.17) is 0 Å². The van der Waals surface area contributed by atoms with Crippen molar-refractivity contribution < 1.29 is 1.43 Å². The first-order chi connectivity index (χ1) is 4.30. The fourth-order valence-corrected chi connectivity index (χ4v) is 0.662. The maximum atomic E-state index is 3.09. The van der Waals surface area contributed by atoms with Gasteiger partial charge in [-0.1, -0.05) is 5.69 Å². The van der Waals surface area contributed by atoms with Gasteiger partial charge in [-0.2, -0.15) is 24.3 Å². The molecule has 1 nitrogen and oxygen atoms in total. The van der Waals surface area contributed by atoms with Crippen LogP contribution < -0.4 is 4.90 Å². The van der Waals surface area contributed by atoms with E-state index >= 15 is 0 Å². The Balaban J connectivity index is 0. The van der Waals surface area contributed by atoms with Gasteiger partial charge in [0.1, 0.15) is 0 Å². The van der Waals surface area contributed by atoms with E-state index in [1.807, 2.05) is 43.3 Å². The maximum absolute atomic E-state index is 3.09. The molecule has 2 heteroatoms. The summed E-state index contributed by atoms with van der Waals surface area (Å²) in [4.78, 5) is 2.03. The molecule has 0 atom stereocenters. The van der Waals surface area contributed by atoms with Crippen molar-refractivity contribution in [1.82, 2.24) is 0 Å². The van der Waals surface area contributed by atoms with Crippen molar-refractivity contribution >= 4 is 54.6 Å². The molecule has 0 heterocycles. The van der Waals surface area contributed by atoms with E-state index in [2.05, 4.69) is 6.07 Å². The fourth-order valence-electron chi connectivity index (χ4n) is 0.662. The van der Waals surface area contributed by atoms with Gasteiger partial charge in [-0.15, -0.1) is 6.07 Å². The molecule has 0 N–H and O–H groups in total. The van der Waals surface area contributed by atoms with Crippen molar-refractivity contribution in [2.45, 2.75) is 0 Å². The van der Waals surface area contributed by atoms with Gasteiger partial charge in [-0.3, -0.25) is 0 Å². The minimum Gasteiger partial charge on any atom is -1.00 e. The number of benzene rings is 1. The van der Waals surface area contributed by atoms with Gasteiger partial charge in [0, 0.05) is 14.1 Å². The molecule has 0 radical (unpaired) electrons. The molecule has 50 valence electrons. The molecule has 0 fully saturated rings. The first-order valence-electron chi connectivity index (χ1n) is 2.95. The van der Waals surface area contributed by atoms with Gasteiger partial charge in [0.15, 0.2) is 0 Å². The van der Waals surface area contributed by atoms with Crippen LogP contribution in [0.3, 0.4) is 0 Å². The molecule has 0 aromatic heterocycles. The van der Waals surface area contributed by atoms with E-state index in [-0.39, 0.29) is 50.3 Å². The van der Waals surface area contributed by atoms with Gasteiger partial charge in [-0.05, 0) is 0 Å². The third kappa shape index (κ3) is 3.12. The summed E-state index contributed by atoms with van der Waals surface area (Å²) in [7, 11) is 4.01. The molecule has 1 rings (SSSR count). The van der Waals surface area contributed by atoms with E-state index in [1.165, 1.54) is 0 Å². The molecule has 0 unspecified atom stereocenters. The third-order valence-electron chi connectivity index (χ3n) is 1.17. The summed E-state index contributed by atoms with van der Waals surface area (Å²) in [5, 5.41) is 0. The molecule has 1 aromatic carbocycles. The second-order valence-electron chi connectivity index (χ2n) is 2.14. The predicted octanol–water partition coefficient (Wildman–Crippen LogP) is 1.28. The molecule has 10 heavy (non-hydrogen) atoms. The SMILES string of the molecule is CN(C)c1[c-]cccc1.[Ba+2].[H-]. The second-order valence-corrected chi connectivity index (χ2v) is 2.14. The Morgan fingerprint density at radius 3 is 2.40 bits per heavy atom. The molecule has 1 aromatic rings. The average Bonchev–Trinajstić information content (AvgIpc) is 1.90. The average molecular weight is 259 g/mol. The van der Waals surface area contributed by atoms with E-state index in [0.717, 1.165) is 5.69 Å². The van der Waals surface area contributed by atoms with Crippen LogP contribution in [-0.4, -0.2) is 63.0 Å². The van der Waals surface area contributed by atoms with Crippen LogP contribution >= 0.6 is 0 Å². The maximum Gasteiger partial charge on any atom is 2.00 e. The van der Waals surface area contributed by atoms with Crippen molar-refractivity contribution in [1.29, 1.82) is 0 Å². The Morgan fingerprint density at radius 1 is 1.40 bits per heavy atom. The van der Waals surface area contributed by atoms with Gasteiger partial charge in [0.25, 0.3) is 0 Å². The van der Waals surface area contributed by atoms with Crippen LogP contribution in [0.5, 0.6) is 0 Å². The van der Waals surface area contributed by atoms with Crippen LogP contribution in [0, 0.1) is 6.07 Å². The summed E-state index contributed by atoms with van der Waals surface area (Å²) in [6.07, 6.45) is 0. The van der Waals surface area contributed by atoms with Crippen LogP contribution in [0.1, 0.15) is 1.43 Å². The molecule has 0 saturated heterocycles. The molecule has 0 amide bonds. The predicted molar refractivity (Wildman–Crippen MR) is 46.5 cm³/mol. The minimum absolute atomic E-state index is 0. The van der Waals surface area contributed by atoms with Crippen molar-refractivity contribution in [3.8, 4) is 0 Å². The Kier molecular flexibility index (Phi) is 5.58. The molecule has 0 aliphatic rings. The monoisotopic (exact) mass is 259 g/mol. The zero-order valence-corrected chi connectivity index (χ0v) is 10.9. The first kappa shape index (κ1) is 10.6. The summed E-state index contributed by atoms with van der Waals surface area (Å²) in [6, 6.07) is 11.0. The number of anilines is 1. The number of nitrogens with zero attached hydrogens (tertiary/aromatic N) is 1. The van der Waals surface area contributed by atoms with Gasteiger partial charge in [0.05, 0.1) is 0 Å². The van der Waals surface area contributed by atoms with E-state index in [9.17, 15) is 0 Å². The van der Waals surface area contributed by atoms with Crippen LogP contribution in [0.2, 0.25) is 0 Å². The molecule has 0 spiro atoms. The Bertz CT molecular complexity index is 177. The van der Waals surface area contributed by atoms with Crippen molar-refractivity contribution in [2.24, 2.45) is 0 Å². The van der Waals surface area contributed by atoms with Crippen molar-refractivity contribution in [3.63, 3.8) is 0 Å². The Morgan fingerprint density at radius 2 is 2.10 bits per heavy atom. The van der Waals surface area contributed by atoms with E-state index in [1.54, 1.807) is 0 Å². The number of para-hydroxylation sites is 1. The number of rotatable bonds is 1. The molecule has 0 aliphatic carbocycles. The van der Waals surface area contributed by atoms with Crippen molar-refractivity contribution in [3.05, 3.63) is 30.3 Å². The summed E-state index contributed by atoms with van der Waals surface area (Å²) in [5.74, 6) is 0. The standard InChI is InChI=1S/C8H10N.Ba.H/c1-9(2)8-6-4-3-5-7-8;;/h3-6H,1-2H3;;/q-1;+2;-1. The fraction of sp³-hybridized carbons (Fsp3) is 0.250. The van der Waals surface area contributed by atoms with E-state index < -0.39 is 0 Å². The quantitative estimate of drug-likeness (QED) is 0.542. The van der Waals surface area contributed by atoms with Gasteiger partial charge in [-0.25, -0.2) is 0 Å². The number of hydrogen-bond acceptors (Lipinski definition) is 1. The van der Waals surface area contributed by atoms with Crippen molar-refractivity contribution in [2.75, 3.05) is 19.0 Å². The molecular weight excluding hydrogens is 247 g/mol.